The molecule has 164 valence electrons. The van der Waals surface area contributed by atoms with Crippen molar-refractivity contribution in [3.8, 4) is 11.1 Å². The second-order valence-electron chi connectivity index (χ2n) is 9.74. The Balaban J connectivity index is 1.56. The molecule has 1 aliphatic heterocycles. The number of rotatable bonds is 6. The lowest BCUT2D eigenvalue weighted by Crippen LogP contribution is -2.41. The van der Waals surface area contributed by atoms with Crippen molar-refractivity contribution in [1.82, 2.24) is 10.3 Å². The van der Waals surface area contributed by atoms with Crippen LogP contribution in [0.5, 0.6) is 0 Å². The van der Waals surface area contributed by atoms with Gasteiger partial charge in [0.1, 0.15) is 11.6 Å². The van der Waals surface area contributed by atoms with Gasteiger partial charge in [0.15, 0.2) is 0 Å². The summed E-state index contributed by atoms with van der Waals surface area (Å²) in [5.41, 5.74) is 7.96. The highest BCUT2D eigenvalue weighted by Crippen LogP contribution is 2.45. The predicted octanol–water partition coefficient (Wildman–Crippen LogP) is 3.87. The molecule has 7 heteroatoms. The molecule has 3 aliphatic rings. The summed E-state index contributed by atoms with van der Waals surface area (Å²) in [7, 11) is 0. The van der Waals surface area contributed by atoms with Crippen LogP contribution < -0.4 is 16.0 Å². The molecule has 5 nitrogen and oxygen atoms in total. The van der Waals surface area contributed by atoms with Gasteiger partial charge in [0.25, 0.3) is 5.91 Å². The molecule has 1 aromatic carbocycles. The SMILES string of the molecule is C[C@]1(N)CCN(c2c(C(=O)NC(C3CC3)C3CC3)cncc2-c2cc(F)cc(F)c2)C1. The first kappa shape index (κ1) is 20.4. The molecule has 5 rings (SSSR count). The molecule has 0 unspecified atom stereocenters. The molecule has 2 aromatic rings. The zero-order valence-corrected chi connectivity index (χ0v) is 17.7. The van der Waals surface area contributed by atoms with Crippen molar-refractivity contribution in [2.24, 2.45) is 17.6 Å². The number of nitrogens with one attached hydrogen (secondary N) is 1. The van der Waals surface area contributed by atoms with Crippen molar-refractivity contribution in [2.45, 2.75) is 50.6 Å². The van der Waals surface area contributed by atoms with Crippen LogP contribution in [-0.2, 0) is 0 Å². The van der Waals surface area contributed by atoms with E-state index in [1.807, 2.05) is 6.92 Å². The highest BCUT2D eigenvalue weighted by molar-refractivity contribution is 6.03. The van der Waals surface area contributed by atoms with E-state index in [-0.39, 0.29) is 11.9 Å². The lowest BCUT2D eigenvalue weighted by Gasteiger charge is -2.27. The molecule has 1 amide bonds. The number of halogens is 2. The van der Waals surface area contributed by atoms with E-state index in [1.54, 1.807) is 12.4 Å². The minimum absolute atomic E-state index is 0.171. The predicted molar refractivity (Wildman–Crippen MR) is 116 cm³/mol. The van der Waals surface area contributed by atoms with Crippen LogP contribution in [0.25, 0.3) is 11.1 Å². The van der Waals surface area contributed by atoms with Gasteiger partial charge >= 0.3 is 0 Å². The Morgan fingerprint density at radius 2 is 1.81 bits per heavy atom. The fourth-order valence-electron chi connectivity index (χ4n) is 4.82. The second kappa shape index (κ2) is 7.55. The van der Waals surface area contributed by atoms with Crippen LogP contribution in [-0.4, -0.2) is 35.6 Å². The number of benzene rings is 1. The third kappa shape index (κ3) is 4.28. The van der Waals surface area contributed by atoms with Crippen molar-refractivity contribution in [2.75, 3.05) is 18.0 Å². The number of nitrogens with zero attached hydrogens (tertiary/aromatic N) is 2. The quantitative estimate of drug-likeness (QED) is 0.736. The number of aromatic nitrogens is 1. The van der Waals surface area contributed by atoms with Crippen molar-refractivity contribution >= 4 is 11.6 Å². The molecule has 0 radical (unpaired) electrons. The smallest absolute Gasteiger partial charge is 0.255 e. The molecule has 1 atom stereocenters. The maximum atomic E-state index is 14.0. The third-order valence-corrected chi connectivity index (χ3v) is 6.71. The maximum absolute atomic E-state index is 14.0. The van der Waals surface area contributed by atoms with E-state index in [0.717, 1.165) is 38.2 Å². The summed E-state index contributed by atoms with van der Waals surface area (Å²) < 4.78 is 28.0. The van der Waals surface area contributed by atoms with Crippen LogP contribution in [0.2, 0.25) is 0 Å². The van der Waals surface area contributed by atoms with Gasteiger partial charge in [-0.3, -0.25) is 9.78 Å². The van der Waals surface area contributed by atoms with Crippen molar-refractivity contribution < 1.29 is 13.6 Å². The summed E-state index contributed by atoms with van der Waals surface area (Å²) in [6, 6.07) is 3.60. The number of pyridine rings is 1. The van der Waals surface area contributed by atoms with Gasteiger partial charge in [0, 0.05) is 48.7 Å². The molecular formula is C24H28F2N4O. The van der Waals surface area contributed by atoms with E-state index in [1.165, 1.54) is 12.1 Å². The van der Waals surface area contributed by atoms with Gasteiger partial charge in [-0.05, 0) is 68.6 Å². The van der Waals surface area contributed by atoms with Gasteiger partial charge in [-0.15, -0.1) is 0 Å². The Morgan fingerprint density at radius 3 is 2.35 bits per heavy atom. The molecular weight excluding hydrogens is 398 g/mol. The summed E-state index contributed by atoms with van der Waals surface area (Å²) in [6.07, 6.45) is 8.54. The number of nitrogens with two attached hydrogens (primary N) is 1. The lowest BCUT2D eigenvalue weighted by molar-refractivity contribution is 0.0926. The second-order valence-corrected chi connectivity index (χ2v) is 9.74. The molecule has 1 aromatic heterocycles. The number of amides is 1. The van der Waals surface area contributed by atoms with Gasteiger partial charge in [0.05, 0.1) is 11.3 Å². The number of hydrogen-bond donors (Lipinski definition) is 2. The van der Waals surface area contributed by atoms with Crippen molar-refractivity contribution in [3.05, 3.63) is 47.8 Å². The van der Waals surface area contributed by atoms with Crippen LogP contribution in [0.15, 0.2) is 30.6 Å². The summed E-state index contributed by atoms with van der Waals surface area (Å²) in [4.78, 5) is 19.7. The number of anilines is 1. The molecule has 0 spiro atoms. The third-order valence-electron chi connectivity index (χ3n) is 6.71. The Morgan fingerprint density at radius 1 is 1.16 bits per heavy atom. The first-order valence-corrected chi connectivity index (χ1v) is 11.1. The first-order chi connectivity index (χ1) is 14.8. The van der Waals surface area contributed by atoms with E-state index in [2.05, 4.69) is 15.2 Å². The van der Waals surface area contributed by atoms with E-state index in [9.17, 15) is 13.6 Å². The monoisotopic (exact) mass is 426 g/mol. The van der Waals surface area contributed by atoms with Crippen LogP contribution in [0.1, 0.15) is 49.4 Å². The normalized spacial score (nSPS) is 23.5. The maximum Gasteiger partial charge on any atom is 0.255 e. The zero-order valence-electron chi connectivity index (χ0n) is 17.7. The summed E-state index contributed by atoms with van der Waals surface area (Å²) in [5, 5.41) is 3.26. The number of hydrogen-bond acceptors (Lipinski definition) is 4. The van der Waals surface area contributed by atoms with E-state index >= 15 is 0 Å². The zero-order chi connectivity index (χ0) is 21.8. The van der Waals surface area contributed by atoms with Crippen molar-refractivity contribution in [1.29, 1.82) is 0 Å². The highest BCUT2D eigenvalue weighted by atomic mass is 19.1. The molecule has 31 heavy (non-hydrogen) atoms. The Kier molecular flexibility index (Phi) is 4.96. The highest BCUT2D eigenvalue weighted by Gasteiger charge is 2.43. The standard InChI is InChI=1S/C24H28F2N4O/c1-24(27)6-7-30(13-24)22-19(16-8-17(25)10-18(26)9-16)11-28-12-20(22)23(31)29-21(14-2-3-14)15-4-5-15/h8-12,14-15,21H,2-7,13,27H2,1H3,(H,29,31)/t24-/m0/s1. The molecule has 0 bridgehead atoms. The Bertz CT molecular complexity index is 984. The van der Waals surface area contributed by atoms with Crippen LogP contribution in [0, 0.1) is 23.5 Å². The van der Waals surface area contributed by atoms with Gasteiger partial charge in [-0.25, -0.2) is 8.78 Å². The fraction of sp³-hybridized carbons (Fsp3) is 0.500. The summed E-state index contributed by atoms with van der Waals surface area (Å²) in [6.45, 7) is 3.19. The Labute approximate surface area is 181 Å². The lowest BCUT2D eigenvalue weighted by atomic mass is 10.00. The van der Waals surface area contributed by atoms with Crippen LogP contribution in [0.3, 0.4) is 0 Å². The molecule has 1 saturated heterocycles. The fourth-order valence-corrected chi connectivity index (χ4v) is 4.82. The molecule has 3 fully saturated rings. The number of carbonyl (C=O) groups is 1. The van der Waals surface area contributed by atoms with Crippen LogP contribution in [0.4, 0.5) is 14.5 Å². The van der Waals surface area contributed by atoms with Gasteiger partial charge in [-0.2, -0.15) is 0 Å². The first-order valence-electron chi connectivity index (χ1n) is 11.1. The minimum Gasteiger partial charge on any atom is -0.368 e. The van der Waals surface area contributed by atoms with E-state index in [4.69, 9.17) is 5.73 Å². The molecule has 2 saturated carbocycles. The average Bonchev–Trinajstić information content (AvgIpc) is 3.63. The summed E-state index contributed by atoms with van der Waals surface area (Å²) >= 11 is 0. The van der Waals surface area contributed by atoms with Crippen molar-refractivity contribution in [3.63, 3.8) is 0 Å². The molecule has 3 N–H and O–H groups in total. The average molecular weight is 427 g/mol. The number of carbonyl (C=O) groups excluding carboxylic acids is 1. The topological polar surface area (TPSA) is 71.2 Å². The molecule has 2 aliphatic carbocycles. The van der Waals surface area contributed by atoms with Gasteiger partial charge in [0.2, 0.25) is 0 Å². The van der Waals surface area contributed by atoms with Gasteiger partial charge < -0.3 is 16.0 Å². The van der Waals surface area contributed by atoms with Gasteiger partial charge in [-0.1, -0.05) is 0 Å². The van der Waals surface area contributed by atoms with Crippen LogP contribution >= 0.6 is 0 Å². The summed E-state index contributed by atoms with van der Waals surface area (Å²) in [5.74, 6) is -0.373. The Hall–Kier alpha value is -2.54. The minimum atomic E-state index is -0.663. The van der Waals surface area contributed by atoms with E-state index in [0.29, 0.717) is 47.3 Å². The largest absolute Gasteiger partial charge is 0.368 e. The van der Waals surface area contributed by atoms with E-state index < -0.39 is 17.2 Å². The molecule has 2 heterocycles.